The lowest BCUT2D eigenvalue weighted by Gasteiger charge is -2.18. The van der Waals surface area contributed by atoms with Crippen molar-refractivity contribution in [2.24, 2.45) is 0 Å². The molecular weight excluding hydrogens is 448 g/mol. The number of hydrogen-bond donors (Lipinski definition) is 0. The molecule has 172 valence electrons. The Kier molecular flexibility index (Phi) is 3.88. The lowest BCUT2D eigenvalue weighted by Crippen LogP contribution is -1.91. The van der Waals surface area contributed by atoms with Crippen molar-refractivity contribution in [3.63, 3.8) is 0 Å². The molecule has 0 amide bonds. The predicted octanol–water partition coefficient (Wildman–Crippen LogP) is 10.4. The number of furan rings is 1. The summed E-state index contributed by atoms with van der Waals surface area (Å²) in [5.74, 6) is 0. The monoisotopic (exact) mass is 472 g/mol. The predicted molar refractivity (Wildman–Crippen MR) is 157 cm³/mol. The van der Waals surface area contributed by atoms with Gasteiger partial charge < -0.3 is 4.42 Å². The molecule has 0 radical (unpaired) electrons. The van der Waals surface area contributed by atoms with E-state index in [0.29, 0.717) is 17.7 Å². The summed E-state index contributed by atoms with van der Waals surface area (Å²) in [6, 6.07) is 42.5. The molecule has 1 heterocycles. The third kappa shape index (κ3) is 2.98. The molecule has 0 atom stereocenters. The third-order valence-corrected chi connectivity index (χ3v) is 7.50. The van der Waals surface area contributed by atoms with Crippen LogP contribution in [0.25, 0.3) is 76.5 Å². The zero-order valence-electron chi connectivity index (χ0n) is 22.0. The Bertz CT molecular complexity index is 2200. The molecule has 37 heavy (non-hydrogen) atoms. The van der Waals surface area contributed by atoms with Gasteiger partial charge in [-0.25, -0.2) is 0 Å². The van der Waals surface area contributed by atoms with Crippen LogP contribution in [0.4, 0.5) is 0 Å². The van der Waals surface area contributed by atoms with Gasteiger partial charge in [0.15, 0.2) is 0 Å². The first-order chi connectivity index (χ1) is 19.2. The molecule has 1 nitrogen and oxygen atoms in total. The lowest BCUT2D eigenvalue weighted by atomic mass is 9.84. The number of hydrogen-bond acceptors (Lipinski definition) is 1. The fourth-order valence-corrected chi connectivity index (χ4v) is 5.92. The molecule has 0 aliphatic carbocycles. The molecule has 0 aliphatic rings. The van der Waals surface area contributed by atoms with Crippen molar-refractivity contribution in [3.05, 3.63) is 133 Å². The molecule has 1 aromatic heterocycles. The van der Waals surface area contributed by atoms with Crippen molar-refractivity contribution in [1.29, 1.82) is 0 Å². The van der Waals surface area contributed by atoms with Crippen LogP contribution < -0.4 is 0 Å². The second-order valence-electron chi connectivity index (χ2n) is 9.52. The SMILES string of the molecule is [2H]c1ccc2cc(-c3c4ccccc4c(-c4ccc([2H])c5oc6ccccc6c45)c4ccccc34)ccc2c1. The van der Waals surface area contributed by atoms with Crippen molar-refractivity contribution in [2.75, 3.05) is 0 Å². The van der Waals surface area contributed by atoms with E-state index < -0.39 is 0 Å². The molecule has 0 N–H and O–H groups in total. The van der Waals surface area contributed by atoms with Gasteiger partial charge in [-0.15, -0.1) is 0 Å². The molecule has 0 saturated carbocycles. The van der Waals surface area contributed by atoms with E-state index in [2.05, 4.69) is 78.9 Å². The topological polar surface area (TPSA) is 13.1 Å². The maximum absolute atomic E-state index is 8.60. The fraction of sp³-hybridized carbons (Fsp3) is 0. The summed E-state index contributed by atoms with van der Waals surface area (Å²) >= 11 is 0. The second kappa shape index (κ2) is 7.81. The molecule has 0 aliphatic heterocycles. The first-order valence-electron chi connectivity index (χ1n) is 13.5. The van der Waals surface area contributed by atoms with Gasteiger partial charge in [0.25, 0.3) is 0 Å². The van der Waals surface area contributed by atoms with Gasteiger partial charge in [0, 0.05) is 10.8 Å². The summed E-state index contributed by atoms with van der Waals surface area (Å²) in [4.78, 5) is 0. The zero-order chi connectivity index (χ0) is 26.1. The normalized spacial score (nSPS) is 12.5. The van der Waals surface area contributed by atoms with Gasteiger partial charge in [0.05, 0.1) is 2.74 Å². The highest BCUT2D eigenvalue weighted by molar-refractivity contribution is 6.25. The number of fused-ring (bicyclic) bond motifs is 6. The van der Waals surface area contributed by atoms with E-state index in [4.69, 9.17) is 7.16 Å². The molecule has 8 aromatic rings. The highest BCUT2D eigenvalue weighted by atomic mass is 16.3. The van der Waals surface area contributed by atoms with Gasteiger partial charge in [-0.1, -0.05) is 115 Å². The Hall–Kier alpha value is -4.88. The maximum Gasteiger partial charge on any atom is 0.136 e. The summed E-state index contributed by atoms with van der Waals surface area (Å²) < 4.78 is 22.8. The number of benzene rings is 7. The average Bonchev–Trinajstić information content (AvgIpc) is 3.37. The Morgan fingerprint density at radius 1 is 0.486 bits per heavy atom. The van der Waals surface area contributed by atoms with Crippen LogP contribution in [-0.2, 0) is 0 Å². The van der Waals surface area contributed by atoms with Gasteiger partial charge in [-0.3, -0.25) is 0 Å². The Balaban J connectivity index is 1.53. The number of rotatable bonds is 2. The van der Waals surface area contributed by atoms with Crippen LogP contribution in [0.2, 0.25) is 0 Å². The minimum atomic E-state index is 0.391. The molecular formula is C36H22O. The van der Waals surface area contributed by atoms with Gasteiger partial charge in [-0.05, 0) is 72.7 Å². The van der Waals surface area contributed by atoms with Crippen LogP contribution in [-0.4, -0.2) is 0 Å². The van der Waals surface area contributed by atoms with Gasteiger partial charge in [-0.2, -0.15) is 0 Å². The summed E-state index contributed by atoms with van der Waals surface area (Å²) in [7, 11) is 0. The Morgan fingerprint density at radius 3 is 1.92 bits per heavy atom. The Labute approximate surface area is 217 Å². The summed E-state index contributed by atoms with van der Waals surface area (Å²) in [6.45, 7) is 0. The van der Waals surface area contributed by atoms with Crippen LogP contribution in [0, 0.1) is 0 Å². The summed E-state index contributed by atoms with van der Waals surface area (Å²) in [5, 5.41) is 8.89. The largest absolute Gasteiger partial charge is 0.456 e. The van der Waals surface area contributed by atoms with E-state index in [1.807, 2.05) is 42.5 Å². The van der Waals surface area contributed by atoms with Crippen molar-refractivity contribution in [2.45, 2.75) is 0 Å². The molecule has 1 heteroatoms. The lowest BCUT2D eigenvalue weighted by molar-refractivity contribution is 0.669. The molecule has 0 bridgehead atoms. The minimum absolute atomic E-state index is 0.391. The van der Waals surface area contributed by atoms with Crippen molar-refractivity contribution < 1.29 is 7.16 Å². The van der Waals surface area contributed by atoms with Crippen LogP contribution in [0.3, 0.4) is 0 Å². The standard InChI is InChI=1S/C36H22O/c1-2-11-24-22-25(21-20-23(24)10-1)34-26-12-3-5-14-28(26)35(29-15-6-4-13-27(29)34)31-17-9-19-33-36(31)30-16-7-8-18-32(30)37-33/h1-22H/i1D,19D. The number of para-hydroxylation sites is 1. The highest BCUT2D eigenvalue weighted by Crippen LogP contribution is 2.46. The Morgan fingerprint density at radius 2 is 1.16 bits per heavy atom. The van der Waals surface area contributed by atoms with E-state index >= 15 is 0 Å². The smallest absolute Gasteiger partial charge is 0.136 e. The quantitative estimate of drug-likeness (QED) is 0.228. The third-order valence-electron chi connectivity index (χ3n) is 7.50. The van der Waals surface area contributed by atoms with Crippen LogP contribution in [0.1, 0.15) is 2.74 Å². The van der Waals surface area contributed by atoms with Gasteiger partial charge in [0.2, 0.25) is 0 Å². The van der Waals surface area contributed by atoms with Crippen molar-refractivity contribution >= 4 is 54.3 Å². The first kappa shape index (κ1) is 18.4. The molecule has 0 saturated heterocycles. The highest BCUT2D eigenvalue weighted by Gasteiger charge is 2.20. The molecule has 0 fully saturated rings. The van der Waals surface area contributed by atoms with Crippen LogP contribution >= 0.6 is 0 Å². The van der Waals surface area contributed by atoms with Gasteiger partial charge in [0.1, 0.15) is 11.2 Å². The average molecular weight is 473 g/mol. The van der Waals surface area contributed by atoms with E-state index in [0.717, 1.165) is 54.6 Å². The first-order valence-corrected chi connectivity index (χ1v) is 12.5. The van der Waals surface area contributed by atoms with Gasteiger partial charge >= 0.3 is 0 Å². The maximum atomic E-state index is 8.60. The molecule has 0 unspecified atom stereocenters. The summed E-state index contributed by atoms with van der Waals surface area (Å²) in [5.41, 5.74) is 6.00. The van der Waals surface area contributed by atoms with Crippen LogP contribution in [0.5, 0.6) is 0 Å². The molecule has 8 rings (SSSR count). The van der Waals surface area contributed by atoms with Crippen molar-refractivity contribution in [3.8, 4) is 22.3 Å². The zero-order valence-corrected chi connectivity index (χ0v) is 20.0. The van der Waals surface area contributed by atoms with E-state index in [1.165, 1.54) is 16.3 Å². The van der Waals surface area contributed by atoms with Crippen molar-refractivity contribution in [1.82, 2.24) is 0 Å². The van der Waals surface area contributed by atoms with E-state index in [-0.39, 0.29) is 0 Å². The minimum Gasteiger partial charge on any atom is -0.456 e. The molecule has 7 aromatic carbocycles. The summed E-state index contributed by atoms with van der Waals surface area (Å²) in [6.07, 6.45) is 0. The van der Waals surface area contributed by atoms with Crippen LogP contribution in [0.15, 0.2) is 138 Å². The second-order valence-corrected chi connectivity index (χ2v) is 9.52. The van der Waals surface area contributed by atoms with E-state index in [1.54, 1.807) is 0 Å². The van der Waals surface area contributed by atoms with E-state index in [9.17, 15) is 0 Å². The fourth-order valence-electron chi connectivity index (χ4n) is 5.92. The molecule has 0 spiro atoms.